The molecule has 5 nitrogen and oxygen atoms in total. The molecule has 106 valence electrons. The van der Waals surface area contributed by atoms with Gasteiger partial charge in [-0.3, -0.25) is 4.90 Å². The van der Waals surface area contributed by atoms with Crippen molar-refractivity contribution in [2.24, 2.45) is 11.1 Å². The summed E-state index contributed by atoms with van der Waals surface area (Å²) >= 11 is 1.96. The standard InChI is InChI=1S/C13H22N4OS/c1-17-5-6-19-8-10(17)12-15-11(18-16-12)7-13(9-14)3-2-4-13/h10H,2-9,14H2,1H3. The molecule has 0 spiro atoms. The van der Waals surface area contributed by atoms with E-state index in [2.05, 4.69) is 22.1 Å². The van der Waals surface area contributed by atoms with Crippen LogP contribution in [-0.4, -0.2) is 46.7 Å². The minimum atomic E-state index is 0.233. The highest BCUT2D eigenvalue weighted by Crippen LogP contribution is 2.42. The van der Waals surface area contributed by atoms with Crippen LogP contribution in [-0.2, 0) is 6.42 Å². The maximum Gasteiger partial charge on any atom is 0.227 e. The van der Waals surface area contributed by atoms with Crippen LogP contribution in [0, 0.1) is 5.41 Å². The molecule has 0 amide bonds. The van der Waals surface area contributed by atoms with Crippen LogP contribution in [0.25, 0.3) is 0 Å². The molecule has 1 aliphatic heterocycles. The Morgan fingerprint density at radius 1 is 1.53 bits per heavy atom. The lowest BCUT2D eigenvalue weighted by Gasteiger charge is -2.39. The second kappa shape index (κ2) is 5.42. The summed E-state index contributed by atoms with van der Waals surface area (Å²) in [6.45, 7) is 1.82. The SMILES string of the molecule is CN1CCSCC1c1noc(CC2(CN)CCC2)n1. The fraction of sp³-hybridized carbons (Fsp3) is 0.846. The molecule has 2 fully saturated rings. The molecule has 0 aromatic carbocycles. The Hall–Kier alpha value is -0.590. The van der Waals surface area contributed by atoms with E-state index in [1.54, 1.807) is 0 Å². The van der Waals surface area contributed by atoms with Crippen molar-refractivity contribution in [3.63, 3.8) is 0 Å². The Bertz CT molecular complexity index is 427. The van der Waals surface area contributed by atoms with E-state index in [4.69, 9.17) is 10.3 Å². The second-order valence-electron chi connectivity index (χ2n) is 5.85. The number of nitrogens with zero attached hydrogens (tertiary/aromatic N) is 3. The van der Waals surface area contributed by atoms with Crippen LogP contribution in [0.5, 0.6) is 0 Å². The van der Waals surface area contributed by atoms with Crippen molar-refractivity contribution in [3.05, 3.63) is 11.7 Å². The van der Waals surface area contributed by atoms with E-state index < -0.39 is 0 Å². The van der Waals surface area contributed by atoms with Crippen molar-refractivity contribution in [2.75, 3.05) is 31.6 Å². The van der Waals surface area contributed by atoms with Gasteiger partial charge in [0.2, 0.25) is 5.89 Å². The zero-order valence-electron chi connectivity index (χ0n) is 11.5. The van der Waals surface area contributed by atoms with E-state index in [1.807, 2.05) is 11.8 Å². The molecular weight excluding hydrogens is 260 g/mol. The summed E-state index contributed by atoms with van der Waals surface area (Å²) in [6.07, 6.45) is 4.51. The molecule has 0 radical (unpaired) electrons. The van der Waals surface area contributed by atoms with E-state index in [0.29, 0.717) is 6.04 Å². The molecule has 3 rings (SSSR count). The molecule has 1 atom stereocenters. The Morgan fingerprint density at radius 3 is 3.00 bits per heavy atom. The third-order valence-electron chi connectivity index (χ3n) is 4.55. The van der Waals surface area contributed by atoms with Crippen LogP contribution in [0.2, 0.25) is 0 Å². The third kappa shape index (κ3) is 2.66. The average Bonchev–Trinajstić information content (AvgIpc) is 2.83. The summed E-state index contributed by atoms with van der Waals surface area (Å²) in [7, 11) is 2.13. The number of nitrogens with two attached hydrogens (primary N) is 1. The Balaban J connectivity index is 1.68. The molecule has 2 aliphatic rings. The lowest BCUT2D eigenvalue weighted by Crippen LogP contribution is -2.39. The number of thioether (sulfide) groups is 1. The van der Waals surface area contributed by atoms with Crippen molar-refractivity contribution in [1.82, 2.24) is 15.0 Å². The van der Waals surface area contributed by atoms with Gasteiger partial charge in [0.15, 0.2) is 5.82 Å². The van der Waals surface area contributed by atoms with Gasteiger partial charge in [0.1, 0.15) is 0 Å². The smallest absolute Gasteiger partial charge is 0.227 e. The first-order valence-electron chi connectivity index (χ1n) is 7.03. The van der Waals surface area contributed by atoms with E-state index >= 15 is 0 Å². The maximum atomic E-state index is 5.89. The van der Waals surface area contributed by atoms with Gasteiger partial charge in [-0.25, -0.2) is 0 Å². The van der Waals surface area contributed by atoms with E-state index in [1.165, 1.54) is 25.0 Å². The predicted octanol–water partition coefficient (Wildman–Crippen LogP) is 1.46. The molecular formula is C13H22N4OS. The van der Waals surface area contributed by atoms with Crippen LogP contribution in [0.1, 0.15) is 37.0 Å². The fourth-order valence-corrected chi connectivity index (χ4v) is 4.09. The van der Waals surface area contributed by atoms with Crippen LogP contribution in [0.4, 0.5) is 0 Å². The summed E-state index contributed by atoms with van der Waals surface area (Å²) < 4.78 is 5.45. The summed E-state index contributed by atoms with van der Waals surface area (Å²) in [6, 6.07) is 0.298. The monoisotopic (exact) mass is 282 g/mol. The van der Waals surface area contributed by atoms with E-state index in [9.17, 15) is 0 Å². The molecule has 1 aliphatic carbocycles. The molecule has 19 heavy (non-hydrogen) atoms. The largest absolute Gasteiger partial charge is 0.339 e. The molecule has 1 saturated heterocycles. The number of rotatable bonds is 4. The quantitative estimate of drug-likeness (QED) is 0.902. The summed E-state index contributed by atoms with van der Waals surface area (Å²) in [5.74, 6) is 3.85. The van der Waals surface area contributed by atoms with E-state index in [-0.39, 0.29) is 5.41 Å². The van der Waals surface area contributed by atoms with Gasteiger partial charge in [0, 0.05) is 24.5 Å². The van der Waals surface area contributed by atoms with Crippen molar-refractivity contribution in [2.45, 2.75) is 31.7 Å². The maximum absolute atomic E-state index is 5.89. The summed E-state index contributed by atoms with van der Waals surface area (Å²) in [4.78, 5) is 6.92. The molecule has 1 aromatic heterocycles. The fourth-order valence-electron chi connectivity index (χ4n) is 2.88. The summed E-state index contributed by atoms with van der Waals surface area (Å²) in [5, 5.41) is 4.19. The normalized spacial score (nSPS) is 27.2. The topological polar surface area (TPSA) is 68.2 Å². The van der Waals surface area contributed by atoms with Gasteiger partial charge >= 0.3 is 0 Å². The van der Waals surface area contributed by atoms with E-state index in [0.717, 1.165) is 37.0 Å². The zero-order chi connectivity index (χ0) is 13.3. The molecule has 2 N–H and O–H groups in total. The molecule has 0 bridgehead atoms. The molecule has 1 aromatic rings. The summed E-state index contributed by atoms with van der Waals surface area (Å²) in [5.41, 5.74) is 6.12. The van der Waals surface area contributed by atoms with Crippen molar-refractivity contribution < 1.29 is 4.52 Å². The van der Waals surface area contributed by atoms with Gasteiger partial charge in [0.05, 0.1) is 6.04 Å². The van der Waals surface area contributed by atoms with Gasteiger partial charge in [-0.15, -0.1) is 0 Å². The molecule has 2 heterocycles. The Labute approximate surface area is 118 Å². The van der Waals surface area contributed by atoms with Crippen LogP contribution in [0.3, 0.4) is 0 Å². The molecule has 1 unspecified atom stereocenters. The second-order valence-corrected chi connectivity index (χ2v) is 7.00. The first-order chi connectivity index (χ1) is 9.22. The highest BCUT2D eigenvalue weighted by atomic mass is 32.2. The lowest BCUT2D eigenvalue weighted by molar-refractivity contribution is 0.129. The number of hydrogen-bond acceptors (Lipinski definition) is 6. The zero-order valence-corrected chi connectivity index (χ0v) is 12.3. The Kier molecular flexibility index (Phi) is 3.82. The Morgan fingerprint density at radius 2 is 2.37 bits per heavy atom. The number of hydrogen-bond donors (Lipinski definition) is 1. The van der Waals surface area contributed by atoms with Crippen LogP contribution >= 0.6 is 11.8 Å². The lowest BCUT2D eigenvalue weighted by atomic mass is 9.67. The highest BCUT2D eigenvalue weighted by molar-refractivity contribution is 7.99. The first-order valence-corrected chi connectivity index (χ1v) is 8.18. The average molecular weight is 282 g/mol. The third-order valence-corrected chi connectivity index (χ3v) is 5.57. The molecule has 1 saturated carbocycles. The van der Waals surface area contributed by atoms with Gasteiger partial charge in [0.25, 0.3) is 0 Å². The van der Waals surface area contributed by atoms with Crippen molar-refractivity contribution in [1.29, 1.82) is 0 Å². The van der Waals surface area contributed by atoms with Crippen LogP contribution < -0.4 is 5.73 Å². The van der Waals surface area contributed by atoms with Gasteiger partial charge in [-0.05, 0) is 31.8 Å². The van der Waals surface area contributed by atoms with Crippen molar-refractivity contribution >= 4 is 11.8 Å². The van der Waals surface area contributed by atoms with Gasteiger partial charge < -0.3 is 10.3 Å². The first kappa shape index (κ1) is 13.4. The predicted molar refractivity (Wildman–Crippen MR) is 76.0 cm³/mol. The van der Waals surface area contributed by atoms with Crippen LogP contribution in [0.15, 0.2) is 4.52 Å². The van der Waals surface area contributed by atoms with Gasteiger partial charge in [-0.2, -0.15) is 16.7 Å². The number of aromatic nitrogens is 2. The highest BCUT2D eigenvalue weighted by Gasteiger charge is 2.37. The van der Waals surface area contributed by atoms with Gasteiger partial charge in [-0.1, -0.05) is 11.6 Å². The molecule has 6 heteroatoms. The minimum absolute atomic E-state index is 0.233. The van der Waals surface area contributed by atoms with Crippen molar-refractivity contribution in [3.8, 4) is 0 Å². The minimum Gasteiger partial charge on any atom is -0.339 e.